The van der Waals surface area contributed by atoms with E-state index in [1.54, 1.807) is 0 Å². The number of nitrogens with two attached hydrogens (primary N) is 2. The zero-order chi connectivity index (χ0) is 17.1. The second-order valence-corrected chi connectivity index (χ2v) is 5.86. The van der Waals surface area contributed by atoms with Crippen molar-refractivity contribution in [2.24, 2.45) is 5.73 Å². The topological polar surface area (TPSA) is 92.0 Å². The monoisotopic (exact) mass is 327 g/mol. The average Bonchev–Trinajstić information content (AvgIpc) is 2.97. The van der Waals surface area contributed by atoms with E-state index in [1.165, 1.54) is 0 Å². The molecule has 128 valence electrons. The molecule has 6 heteroatoms. The van der Waals surface area contributed by atoms with Crippen molar-refractivity contribution in [3.63, 3.8) is 0 Å². The summed E-state index contributed by atoms with van der Waals surface area (Å²) in [6, 6.07) is 5.93. The number of anilines is 1. The number of benzene rings is 1. The molecule has 0 aliphatic rings. The summed E-state index contributed by atoms with van der Waals surface area (Å²) >= 11 is 0. The van der Waals surface area contributed by atoms with Gasteiger partial charge in [-0.1, -0.05) is 25.5 Å². The van der Waals surface area contributed by atoms with Crippen LogP contribution in [0.5, 0.6) is 5.75 Å². The molecule has 3 aromatic rings. The lowest BCUT2D eigenvalue weighted by Gasteiger charge is -2.11. The summed E-state index contributed by atoms with van der Waals surface area (Å²) in [6.07, 6.45) is 3.20. The van der Waals surface area contributed by atoms with Crippen LogP contribution in [0.3, 0.4) is 0 Å². The number of ether oxygens (including phenoxy) is 1. The van der Waals surface area contributed by atoms with Gasteiger partial charge in [0, 0.05) is 24.9 Å². The van der Waals surface area contributed by atoms with E-state index < -0.39 is 0 Å². The number of nitrogens with zero attached hydrogens (tertiary/aromatic N) is 3. The van der Waals surface area contributed by atoms with Gasteiger partial charge in [-0.15, -0.1) is 0 Å². The number of aromatic nitrogens is 3. The summed E-state index contributed by atoms with van der Waals surface area (Å²) in [6.45, 7) is 6.08. The van der Waals surface area contributed by atoms with Crippen molar-refractivity contribution in [3.8, 4) is 5.75 Å². The molecule has 0 radical (unpaired) electrons. The average molecular weight is 327 g/mol. The predicted molar refractivity (Wildman–Crippen MR) is 98.3 cm³/mol. The largest absolute Gasteiger partial charge is 0.490 e. The molecule has 0 bridgehead atoms. The van der Waals surface area contributed by atoms with Crippen LogP contribution in [-0.2, 0) is 13.0 Å². The van der Waals surface area contributed by atoms with E-state index in [0.717, 1.165) is 53.6 Å². The van der Waals surface area contributed by atoms with Crippen molar-refractivity contribution in [1.29, 1.82) is 0 Å². The van der Waals surface area contributed by atoms with Crippen LogP contribution in [0.2, 0.25) is 0 Å². The van der Waals surface area contributed by atoms with Gasteiger partial charge >= 0.3 is 0 Å². The Kier molecular flexibility index (Phi) is 4.85. The molecule has 4 N–H and O–H groups in total. The molecule has 0 aliphatic heterocycles. The van der Waals surface area contributed by atoms with Crippen LogP contribution < -0.4 is 16.2 Å². The molecule has 0 spiro atoms. The van der Waals surface area contributed by atoms with Crippen molar-refractivity contribution in [3.05, 3.63) is 24.0 Å². The highest BCUT2D eigenvalue weighted by Gasteiger charge is 2.18. The van der Waals surface area contributed by atoms with Gasteiger partial charge in [0.1, 0.15) is 29.2 Å². The summed E-state index contributed by atoms with van der Waals surface area (Å²) in [5, 5.41) is 1.02. The number of hydrogen-bond acceptors (Lipinski definition) is 5. The molecule has 2 heterocycles. The molecule has 3 rings (SSSR count). The number of hydrogen-bond donors (Lipinski definition) is 2. The first kappa shape index (κ1) is 16.5. The van der Waals surface area contributed by atoms with Crippen molar-refractivity contribution in [2.75, 3.05) is 18.9 Å². The van der Waals surface area contributed by atoms with Crippen LogP contribution in [0.1, 0.15) is 32.5 Å². The fraction of sp³-hybridized carbons (Fsp3) is 0.444. The maximum absolute atomic E-state index is 6.22. The van der Waals surface area contributed by atoms with Gasteiger partial charge in [-0.05, 0) is 19.4 Å². The smallest absolute Gasteiger partial charge is 0.152 e. The van der Waals surface area contributed by atoms with Gasteiger partial charge in [-0.2, -0.15) is 0 Å². The molecule has 0 unspecified atom stereocenters. The summed E-state index contributed by atoms with van der Waals surface area (Å²) in [7, 11) is 0. The molecule has 0 saturated heterocycles. The van der Waals surface area contributed by atoms with Gasteiger partial charge in [0.05, 0.1) is 5.52 Å². The van der Waals surface area contributed by atoms with Gasteiger partial charge in [-0.25, -0.2) is 9.97 Å². The zero-order valence-corrected chi connectivity index (χ0v) is 14.4. The molecule has 0 amide bonds. The second-order valence-electron chi connectivity index (χ2n) is 5.86. The first-order valence-corrected chi connectivity index (χ1v) is 8.61. The number of unbranched alkanes of at least 4 members (excludes halogenated alkanes) is 1. The number of aryl methyl sites for hydroxylation is 2. The fourth-order valence-electron chi connectivity index (χ4n) is 3.10. The Hall–Kier alpha value is -2.34. The van der Waals surface area contributed by atoms with Crippen LogP contribution in [0.15, 0.2) is 18.2 Å². The number of para-hydroxylation sites is 1. The third-order valence-electron chi connectivity index (χ3n) is 4.22. The predicted octanol–water partition coefficient (Wildman–Crippen LogP) is 2.87. The van der Waals surface area contributed by atoms with Gasteiger partial charge in [0.25, 0.3) is 0 Å². The molecular weight excluding hydrogens is 302 g/mol. The normalized spacial score (nSPS) is 11.5. The molecule has 1 aromatic carbocycles. The highest BCUT2D eigenvalue weighted by Crippen LogP contribution is 2.33. The molecule has 0 atom stereocenters. The number of imidazole rings is 1. The lowest BCUT2D eigenvalue weighted by atomic mass is 10.1. The number of nitrogen functional groups attached to an aromatic ring is 1. The maximum atomic E-state index is 6.22. The molecule has 24 heavy (non-hydrogen) atoms. The van der Waals surface area contributed by atoms with E-state index in [4.69, 9.17) is 21.2 Å². The van der Waals surface area contributed by atoms with Crippen LogP contribution in [-0.4, -0.2) is 27.7 Å². The first-order chi connectivity index (χ1) is 11.7. The number of pyridine rings is 1. The van der Waals surface area contributed by atoms with Crippen molar-refractivity contribution < 1.29 is 4.74 Å². The van der Waals surface area contributed by atoms with Crippen molar-refractivity contribution in [2.45, 2.75) is 39.7 Å². The molecule has 0 aliphatic carbocycles. The SMILES string of the molecule is CCCCc1nc2c(N)nc3c(OCCN)cccc3c2n1CC. The van der Waals surface area contributed by atoms with Crippen LogP contribution in [0.25, 0.3) is 21.9 Å². The van der Waals surface area contributed by atoms with Gasteiger partial charge in [0.2, 0.25) is 0 Å². The Balaban J connectivity index is 2.27. The van der Waals surface area contributed by atoms with E-state index in [1.807, 2.05) is 12.1 Å². The fourth-order valence-corrected chi connectivity index (χ4v) is 3.10. The van der Waals surface area contributed by atoms with E-state index in [0.29, 0.717) is 24.7 Å². The molecule has 0 fully saturated rings. The molecule has 0 saturated carbocycles. The van der Waals surface area contributed by atoms with Crippen molar-refractivity contribution in [1.82, 2.24) is 14.5 Å². The minimum atomic E-state index is 0.450. The highest BCUT2D eigenvalue weighted by atomic mass is 16.5. The van der Waals surface area contributed by atoms with Crippen LogP contribution in [0, 0.1) is 0 Å². The van der Waals surface area contributed by atoms with Gasteiger partial charge in [-0.3, -0.25) is 0 Å². The van der Waals surface area contributed by atoms with E-state index in [9.17, 15) is 0 Å². The van der Waals surface area contributed by atoms with Crippen molar-refractivity contribution >= 4 is 27.8 Å². The van der Waals surface area contributed by atoms with E-state index >= 15 is 0 Å². The standard InChI is InChI=1S/C18H25N5O/c1-3-5-9-14-21-16-17(23(14)4-2)12-7-6-8-13(24-11-10-19)15(12)22-18(16)20/h6-8H,3-5,9-11,19H2,1-2H3,(H2,20,22). The number of fused-ring (bicyclic) bond motifs is 3. The minimum absolute atomic E-state index is 0.450. The lowest BCUT2D eigenvalue weighted by Crippen LogP contribution is -2.11. The summed E-state index contributed by atoms with van der Waals surface area (Å²) in [4.78, 5) is 9.34. The molecule has 6 nitrogen and oxygen atoms in total. The van der Waals surface area contributed by atoms with E-state index in [-0.39, 0.29) is 0 Å². The summed E-state index contributed by atoms with van der Waals surface area (Å²) < 4.78 is 7.99. The van der Waals surface area contributed by atoms with Gasteiger partial charge < -0.3 is 20.8 Å². The zero-order valence-electron chi connectivity index (χ0n) is 14.4. The highest BCUT2D eigenvalue weighted by molar-refractivity contribution is 6.08. The number of rotatable bonds is 7. The summed E-state index contributed by atoms with van der Waals surface area (Å²) in [5.41, 5.74) is 14.4. The Bertz CT molecular complexity index is 856. The first-order valence-electron chi connectivity index (χ1n) is 8.61. The van der Waals surface area contributed by atoms with Gasteiger partial charge in [0.15, 0.2) is 5.82 Å². The Labute approximate surface area is 141 Å². The second kappa shape index (κ2) is 7.05. The van der Waals surface area contributed by atoms with E-state index in [2.05, 4.69) is 29.5 Å². The lowest BCUT2D eigenvalue weighted by molar-refractivity contribution is 0.331. The quantitative estimate of drug-likeness (QED) is 0.696. The third kappa shape index (κ3) is 2.78. The third-order valence-corrected chi connectivity index (χ3v) is 4.22. The molecule has 2 aromatic heterocycles. The van der Waals surface area contributed by atoms with Crippen LogP contribution in [0.4, 0.5) is 5.82 Å². The van der Waals surface area contributed by atoms with Crippen LogP contribution >= 0.6 is 0 Å². The Morgan fingerprint density at radius 2 is 2.00 bits per heavy atom. The minimum Gasteiger partial charge on any atom is -0.490 e. The maximum Gasteiger partial charge on any atom is 0.152 e. The molecular formula is C18H25N5O. The Morgan fingerprint density at radius 3 is 2.71 bits per heavy atom. The summed E-state index contributed by atoms with van der Waals surface area (Å²) in [5.74, 6) is 2.24. The Morgan fingerprint density at radius 1 is 1.17 bits per heavy atom.